The molecule has 1 spiro atoms. The first kappa shape index (κ1) is 28.9. The van der Waals surface area contributed by atoms with E-state index in [0.717, 1.165) is 0 Å². The molecule has 4 aromatic carbocycles. The molecule has 0 heterocycles. The topological polar surface area (TPSA) is 3.24 Å². The smallest absolute Gasteiger partial charge is 0.0726 e. The molecule has 4 aromatic rings. The Bertz CT molecular complexity index is 1190. The first-order valence-electron chi connectivity index (χ1n) is 13.8. The molecule has 0 saturated carbocycles. The van der Waals surface area contributed by atoms with E-state index in [0.29, 0.717) is 0 Å². The van der Waals surface area contributed by atoms with Crippen molar-refractivity contribution < 1.29 is 0 Å². The highest BCUT2D eigenvalue weighted by Crippen LogP contribution is 2.62. The van der Waals surface area contributed by atoms with Crippen LogP contribution in [0.2, 0.25) is 0 Å². The fourth-order valence-corrected chi connectivity index (χ4v) is 5.36. The maximum absolute atomic E-state index is 2.40. The molecule has 1 heteroatoms. The van der Waals surface area contributed by atoms with Crippen molar-refractivity contribution >= 4 is 5.69 Å². The molecule has 0 N–H and O–H groups in total. The fourth-order valence-electron chi connectivity index (χ4n) is 5.36. The van der Waals surface area contributed by atoms with Crippen molar-refractivity contribution in [2.45, 2.75) is 60.8 Å². The molecule has 0 atom stereocenters. The van der Waals surface area contributed by atoms with Gasteiger partial charge in [0.2, 0.25) is 0 Å². The molecule has 0 aliphatic heterocycles. The molecule has 0 radical (unpaired) electrons. The molecule has 0 saturated heterocycles. The Morgan fingerprint density at radius 3 is 1.11 bits per heavy atom. The van der Waals surface area contributed by atoms with Crippen molar-refractivity contribution in [2.75, 3.05) is 19.0 Å². The Morgan fingerprint density at radius 2 is 0.750 bits per heavy atom. The summed E-state index contributed by atoms with van der Waals surface area (Å²) in [6, 6.07) is 33.8. The number of hydrogen-bond acceptors (Lipinski definition) is 1. The van der Waals surface area contributed by atoms with Gasteiger partial charge in [-0.05, 0) is 56.6 Å². The largest absolute Gasteiger partial charge is 0.378 e. The summed E-state index contributed by atoms with van der Waals surface area (Å²) in [7, 11) is 4.24. The Hall–Kier alpha value is -3.32. The van der Waals surface area contributed by atoms with E-state index in [1.807, 2.05) is 55.4 Å². The Labute approximate surface area is 220 Å². The zero-order chi connectivity index (χ0) is 26.9. The van der Waals surface area contributed by atoms with Gasteiger partial charge in [0.1, 0.15) is 0 Å². The van der Waals surface area contributed by atoms with E-state index in [-0.39, 0.29) is 5.41 Å². The summed E-state index contributed by atoms with van der Waals surface area (Å²) in [4.78, 5) is 2.20. The fraction of sp³-hybridized carbons (Fsp3) is 0.314. The van der Waals surface area contributed by atoms with E-state index in [9.17, 15) is 0 Å². The lowest BCUT2D eigenvalue weighted by molar-refractivity contribution is 0.793. The Kier molecular flexibility index (Phi) is 10.5. The van der Waals surface area contributed by atoms with Crippen LogP contribution in [0.25, 0.3) is 22.3 Å². The monoisotopic (exact) mass is 479 g/mol. The molecule has 1 nitrogen and oxygen atoms in total. The normalized spacial score (nSPS) is 11.8. The molecular weight excluding hydrogens is 434 g/mol. The summed E-state index contributed by atoms with van der Waals surface area (Å²) in [5, 5.41) is 0. The molecule has 0 unspecified atom stereocenters. The summed E-state index contributed by atoms with van der Waals surface area (Å²) >= 11 is 0. The molecule has 0 fully saturated rings. The van der Waals surface area contributed by atoms with Gasteiger partial charge in [-0.1, -0.05) is 134 Å². The van der Waals surface area contributed by atoms with Gasteiger partial charge in [-0.15, -0.1) is 0 Å². The second kappa shape index (κ2) is 13.1. The molecule has 0 aromatic heterocycles. The highest BCUT2D eigenvalue weighted by atomic mass is 15.1. The van der Waals surface area contributed by atoms with Crippen molar-refractivity contribution in [3.63, 3.8) is 0 Å². The first-order chi connectivity index (χ1) is 17.7. The van der Waals surface area contributed by atoms with Crippen LogP contribution in [-0.2, 0) is 5.41 Å². The quantitative estimate of drug-likeness (QED) is 0.227. The molecule has 36 heavy (non-hydrogen) atoms. The van der Waals surface area contributed by atoms with Crippen molar-refractivity contribution in [3.8, 4) is 22.3 Å². The van der Waals surface area contributed by atoms with Crippen LogP contribution in [0.3, 0.4) is 0 Å². The van der Waals surface area contributed by atoms with Gasteiger partial charge in [0.25, 0.3) is 0 Å². The molecule has 190 valence electrons. The number of benzene rings is 4. The zero-order valence-electron chi connectivity index (χ0n) is 24.1. The summed E-state index contributed by atoms with van der Waals surface area (Å²) in [5.74, 6) is 0. The van der Waals surface area contributed by atoms with Gasteiger partial charge in [-0.2, -0.15) is 0 Å². The number of rotatable bonds is 1. The molecule has 2 aliphatic rings. The number of anilines is 1. The van der Waals surface area contributed by atoms with Crippen LogP contribution in [0.4, 0.5) is 5.69 Å². The average molecular weight is 480 g/mol. The Balaban J connectivity index is 0.000000523. The van der Waals surface area contributed by atoms with Crippen LogP contribution >= 0.6 is 0 Å². The van der Waals surface area contributed by atoms with Gasteiger partial charge >= 0.3 is 0 Å². The van der Waals surface area contributed by atoms with Gasteiger partial charge in [-0.3, -0.25) is 0 Å². The standard InChI is InChI=1S/C27H21N.4C2H6/c1-28(2)18-15-16-22-21-11-5-8-14-25(21)27(26(22)17-18)23-12-6-3-9-19(23)20-10-4-7-13-24(20)27;4*1-2/h3-17H,1-2H3;4*1-2H3. The van der Waals surface area contributed by atoms with E-state index in [4.69, 9.17) is 0 Å². The molecule has 2 aliphatic carbocycles. The lowest BCUT2D eigenvalue weighted by atomic mass is 9.70. The van der Waals surface area contributed by atoms with E-state index < -0.39 is 0 Å². The highest BCUT2D eigenvalue weighted by Gasteiger charge is 2.51. The minimum atomic E-state index is -0.231. The third-order valence-electron chi connectivity index (χ3n) is 6.50. The summed E-state index contributed by atoms with van der Waals surface area (Å²) in [6.45, 7) is 16.0. The van der Waals surface area contributed by atoms with Gasteiger partial charge in [0, 0.05) is 19.8 Å². The molecular formula is C35H45N. The van der Waals surface area contributed by atoms with Gasteiger partial charge in [-0.25, -0.2) is 0 Å². The van der Waals surface area contributed by atoms with Crippen molar-refractivity contribution in [1.29, 1.82) is 0 Å². The maximum atomic E-state index is 2.40. The van der Waals surface area contributed by atoms with E-state index in [1.165, 1.54) is 50.2 Å². The van der Waals surface area contributed by atoms with Crippen LogP contribution in [0.1, 0.15) is 77.6 Å². The third kappa shape index (κ3) is 4.37. The van der Waals surface area contributed by atoms with Crippen LogP contribution in [0.5, 0.6) is 0 Å². The minimum absolute atomic E-state index is 0.231. The van der Waals surface area contributed by atoms with Crippen molar-refractivity contribution in [2.24, 2.45) is 0 Å². The highest BCUT2D eigenvalue weighted by molar-refractivity contribution is 5.95. The van der Waals surface area contributed by atoms with E-state index in [2.05, 4.69) is 110 Å². The minimum Gasteiger partial charge on any atom is -0.378 e. The zero-order valence-corrected chi connectivity index (χ0v) is 24.1. The summed E-state index contributed by atoms with van der Waals surface area (Å²) < 4.78 is 0. The number of hydrogen-bond donors (Lipinski definition) is 0. The maximum Gasteiger partial charge on any atom is 0.0726 e. The second-order valence-electron chi connectivity index (χ2n) is 8.01. The van der Waals surface area contributed by atoms with Crippen molar-refractivity contribution in [3.05, 3.63) is 113 Å². The first-order valence-corrected chi connectivity index (χ1v) is 13.8. The van der Waals surface area contributed by atoms with Crippen LogP contribution in [0, 0.1) is 0 Å². The molecule has 6 rings (SSSR count). The van der Waals surface area contributed by atoms with Crippen LogP contribution in [0.15, 0.2) is 91.0 Å². The lowest BCUT2D eigenvalue weighted by Gasteiger charge is -2.31. The number of fused-ring (bicyclic) bond motifs is 10. The Morgan fingerprint density at radius 1 is 0.417 bits per heavy atom. The van der Waals surface area contributed by atoms with E-state index >= 15 is 0 Å². The van der Waals surface area contributed by atoms with Crippen LogP contribution < -0.4 is 4.90 Å². The average Bonchev–Trinajstić information content (AvgIpc) is 3.44. The SMILES string of the molecule is CC.CC.CC.CC.CN(C)c1ccc2c(c1)C1(c3ccccc3-c3ccccc31)c1ccccc1-2. The third-order valence-corrected chi connectivity index (χ3v) is 6.50. The van der Waals surface area contributed by atoms with Gasteiger partial charge < -0.3 is 4.90 Å². The lowest BCUT2D eigenvalue weighted by Crippen LogP contribution is -2.26. The second-order valence-corrected chi connectivity index (χ2v) is 8.01. The van der Waals surface area contributed by atoms with E-state index in [1.54, 1.807) is 0 Å². The van der Waals surface area contributed by atoms with Crippen molar-refractivity contribution in [1.82, 2.24) is 0 Å². The van der Waals surface area contributed by atoms with Crippen LogP contribution in [-0.4, -0.2) is 14.1 Å². The van der Waals surface area contributed by atoms with Gasteiger partial charge in [0.15, 0.2) is 0 Å². The summed E-state index contributed by atoms with van der Waals surface area (Å²) in [6.07, 6.45) is 0. The van der Waals surface area contributed by atoms with Gasteiger partial charge in [0.05, 0.1) is 5.41 Å². The number of nitrogens with zero attached hydrogens (tertiary/aromatic N) is 1. The summed E-state index contributed by atoms with van der Waals surface area (Å²) in [5.41, 5.74) is 12.0. The predicted molar refractivity (Wildman–Crippen MR) is 162 cm³/mol. The predicted octanol–water partition coefficient (Wildman–Crippen LogP) is 10.2. The molecule has 0 amide bonds. The molecule has 0 bridgehead atoms.